The Morgan fingerprint density at radius 1 is 1.75 bits per heavy atom. The van der Waals surface area contributed by atoms with Crippen LogP contribution in [0.4, 0.5) is 5.82 Å². The van der Waals surface area contributed by atoms with Gasteiger partial charge in [0.2, 0.25) is 0 Å². The molecule has 0 spiro atoms. The molecule has 0 aliphatic carbocycles. The number of aryl methyl sites for hydroxylation is 1. The van der Waals surface area contributed by atoms with Crippen LogP contribution in [0.5, 0.6) is 0 Å². The topological polar surface area (TPSA) is 53.0 Å². The van der Waals surface area contributed by atoms with Gasteiger partial charge in [0.25, 0.3) is 0 Å². The van der Waals surface area contributed by atoms with E-state index in [-0.39, 0.29) is 32.7 Å². The maximum absolute atomic E-state index is 5.27. The molecule has 8 heavy (non-hydrogen) atoms. The number of hydrogen-bond acceptors (Lipinski definition) is 2. The number of imidazole rings is 1. The van der Waals surface area contributed by atoms with Crippen LogP contribution in [0.15, 0.2) is 6.33 Å². The number of anilines is 1. The average molecular weight is 185 g/mol. The molecule has 4 heteroatoms. The van der Waals surface area contributed by atoms with Gasteiger partial charge in [0.1, 0.15) is 0 Å². The molecule has 2 N–H and O–H groups in total. The standard InChI is InChI=1S/C4H6N3.Y/c1-3-4(5)7-2-6-3;/h2H,5H2,1H3;/q-1;. The first kappa shape index (κ1) is 8.11. The van der Waals surface area contributed by atoms with E-state index >= 15 is 0 Å². The van der Waals surface area contributed by atoms with Crippen LogP contribution in [0.1, 0.15) is 5.69 Å². The minimum Gasteiger partial charge on any atom is -0.455 e. The molecule has 1 rings (SSSR count). The molecule has 1 aromatic rings. The van der Waals surface area contributed by atoms with Gasteiger partial charge >= 0.3 is 0 Å². The largest absolute Gasteiger partial charge is 0.455 e. The molecule has 0 amide bonds. The van der Waals surface area contributed by atoms with E-state index in [0.717, 1.165) is 5.69 Å². The number of hydrogen-bond donors (Lipinski definition) is 1. The van der Waals surface area contributed by atoms with Crippen molar-refractivity contribution in [3.63, 3.8) is 0 Å². The minimum absolute atomic E-state index is 0. The van der Waals surface area contributed by atoms with Gasteiger partial charge in [0.15, 0.2) is 0 Å². The third-order valence-corrected chi connectivity index (χ3v) is 0.819. The van der Waals surface area contributed by atoms with Crippen LogP contribution < -0.4 is 10.7 Å². The van der Waals surface area contributed by atoms with Crippen LogP contribution in [-0.4, -0.2) is 4.98 Å². The average Bonchev–Trinajstić information content (AvgIpc) is 1.91. The molecule has 1 radical (unpaired) electrons. The molecule has 0 aliphatic heterocycles. The molecule has 0 aliphatic rings. The van der Waals surface area contributed by atoms with Crippen molar-refractivity contribution in [1.82, 2.24) is 9.97 Å². The zero-order valence-corrected chi connectivity index (χ0v) is 7.46. The Balaban J connectivity index is 0.000000490. The van der Waals surface area contributed by atoms with Crippen molar-refractivity contribution in [2.24, 2.45) is 0 Å². The molecular formula is C4H6N3Y-. The van der Waals surface area contributed by atoms with Crippen LogP contribution in [0.3, 0.4) is 0 Å². The van der Waals surface area contributed by atoms with Crippen LogP contribution in [0, 0.1) is 6.92 Å². The van der Waals surface area contributed by atoms with Crippen LogP contribution in [0.2, 0.25) is 0 Å². The molecule has 0 bridgehead atoms. The Morgan fingerprint density at radius 2 is 2.38 bits per heavy atom. The first-order valence-electron chi connectivity index (χ1n) is 2.00. The van der Waals surface area contributed by atoms with E-state index in [4.69, 9.17) is 5.73 Å². The normalized spacial score (nSPS) is 8.12. The molecule has 1 heterocycles. The maximum Gasteiger partial charge on any atom is 0 e. The second-order valence-corrected chi connectivity index (χ2v) is 1.34. The van der Waals surface area contributed by atoms with Crippen molar-refractivity contribution in [2.75, 3.05) is 5.73 Å². The second-order valence-electron chi connectivity index (χ2n) is 1.34. The van der Waals surface area contributed by atoms with Gasteiger partial charge in [-0.3, -0.25) is 0 Å². The van der Waals surface area contributed by atoms with Crippen LogP contribution in [-0.2, 0) is 32.7 Å². The zero-order valence-electron chi connectivity index (χ0n) is 4.63. The molecule has 0 fully saturated rings. The minimum atomic E-state index is 0. The number of rotatable bonds is 0. The van der Waals surface area contributed by atoms with Crippen molar-refractivity contribution < 1.29 is 32.7 Å². The number of aromatic nitrogens is 2. The predicted octanol–water partition coefficient (Wildman–Crippen LogP) is -0.0731. The summed E-state index contributed by atoms with van der Waals surface area (Å²) < 4.78 is 0. The van der Waals surface area contributed by atoms with Gasteiger partial charge in [-0.1, -0.05) is 0 Å². The van der Waals surface area contributed by atoms with E-state index in [9.17, 15) is 0 Å². The smallest absolute Gasteiger partial charge is 0 e. The van der Waals surface area contributed by atoms with Crippen molar-refractivity contribution in [1.29, 1.82) is 0 Å². The van der Waals surface area contributed by atoms with Gasteiger partial charge in [0, 0.05) is 32.7 Å². The van der Waals surface area contributed by atoms with Gasteiger partial charge in [0.05, 0.1) is 0 Å². The predicted molar refractivity (Wildman–Crippen MR) is 26.7 cm³/mol. The molecule has 0 unspecified atom stereocenters. The molecule has 0 atom stereocenters. The van der Waals surface area contributed by atoms with Gasteiger partial charge in [-0.05, 0) is 24.8 Å². The monoisotopic (exact) mass is 185 g/mol. The summed E-state index contributed by atoms with van der Waals surface area (Å²) in [5, 5.41) is 0. The van der Waals surface area contributed by atoms with E-state index in [2.05, 4.69) is 9.97 Å². The quantitative estimate of drug-likeness (QED) is 0.615. The molecule has 0 aromatic carbocycles. The number of nitrogens with zero attached hydrogens (tertiary/aromatic N) is 2. The summed E-state index contributed by atoms with van der Waals surface area (Å²) in [4.78, 5) is 7.46. The summed E-state index contributed by atoms with van der Waals surface area (Å²) >= 11 is 0. The van der Waals surface area contributed by atoms with E-state index in [0.29, 0.717) is 5.82 Å². The summed E-state index contributed by atoms with van der Waals surface area (Å²) in [6.45, 7) is 1.82. The van der Waals surface area contributed by atoms with Gasteiger partial charge in [-0.15, -0.1) is 0 Å². The third-order valence-electron chi connectivity index (χ3n) is 0.819. The zero-order chi connectivity index (χ0) is 5.28. The fourth-order valence-corrected chi connectivity index (χ4v) is 0.337. The molecule has 0 saturated carbocycles. The second kappa shape index (κ2) is 3.20. The van der Waals surface area contributed by atoms with E-state index in [1.165, 1.54) is 6.33 Å². The number of nitrogen functional groups attached to an aromatic ring is 1. The first-order chi connectivity index (χ1) is 3.30. The summed E-state index contributed by atoms with van der Waals surface area (Å²) in [6.07, 6.45) is 1.45. The fraction of sp³-hybridized carbons (Fsp3) is 0.250. The molecule has 3 nitrogen and oxygen atoms in total. The van der Waals surface area contributed by atoms with E-state index < -0.39 is 0 Å². The molecule has 41 valence electrons. The first-order valence-corrected chi connectivity index (χ1v) is 2.00. The number of nitrogens with two attached hydrogens (primary N) is 1. The Bertz CT molecular complexity index is 144. The summed E-state index contributed by atoms with van der Waals surface area (Å²) in [6, 6.07) is 0. The summed E-state index contributed by atoms with van der Waals surface area (Å²) in [7, 11) is 0. The van der Waals surface area contributed by atoms with Crippen LogP contribution >= 0.6 is 0 Å². The van der Waals surface area contributed by atoms with Crippen molar-refractivity contribution in [3.8, 4) is 0 Å². The molecule has 0 saturated heterocycles. The fourth-order valence-electron chi connectivity index (χ4n) is 0.337. The summed E-state index contributed by atoms with van der Waals surface area (Å²) in [5.41, 5.74) is 6.07. The third kappa shape index (κ3) is 1.56. The molecule has 1 aromatic heterocycles. The van der Waals surface area contributed by atoms with E-state index in [1.54, 1.807) is 0 Å². The Labute approximate surface area is 72.9 Å². The van der Waals surface area contributed by atoms with Gasteiger partial charge in [-0.2, -0.15) is 0 Å². The Morgan fingerprint density at radius 3 is 2.50 bits per heavy atom. The Kier molecular flexibility index (Phi) is 3.25. The maximum atomic E-state index is 5.27. The molecular weight excluding hydrogens is 179 g/mol. The van der Waals surface area contributed by atoms with E-state index in [1.807, 2.05) is 6.92 Å². The van der Waals surface area contributed by atoms with Crippen LogP contribution in [0.25, 0.3) is 0 Å². The van der Waals surface area contributed by atoms with Crippen molar-refractivity contribution in [2.45, 2.75) is 6.92 Å². The SMILES string of the molecule is Cc1nc[n-]c1N.[Y]. The van der Waals surface area contributed by atoms with Gasteiger partial charge < -0.3 is 15.7 Å². The Hall–Kier alpha value is 0.114. The summed E-state index contributed by atoms with van der Waals surface area (Å²) in [5.74, 6) is 0.528. The van der Waals surface area contributed by atoms with Crippen molar-refractivity contribution in [3.05, 3.63) is 12.0 Å². The van der Waals surface area contributed by atoms with Crippen molar-refractivity contribution >= 4 is 5.82 Å². The van der Waals surface area contributed by atoms with Gasteiger partial charge in [-0.25, -0.2) is 0 Å².